The van der Waals surface area contributed by atoms with Crippen LogP contribution in [-0.4, -0.2) is 40.9 Å². The summed E-state index contributed by atoms with van der Waals surface area (Å²) >= 11 is 0. The van der Waals surface area contributed by atoms with Crippen LogP contribution in [0, 0.1) is 15.5 Å². The van der Waals surface area contributed by atoms with E-state index in [2.05, 4.69) is 15.3 Å². The van der Waals surface area contributed by atoms with Crippen molar-refractivity contribution < 1.29 is 9.72 Å². The third-order valence-corrected chi connectivity index (χ3v) is 3.54. The Morgan fingerprint density at radius 2 is 2.35 bits per heavy atom. The molecule has 0 aromatic carbocycles. The molecule has 9 nitrogen and oxygen atoms in total. The number of carbonyl (C=O) groups excluding carboxylic acids is 1. The number of hydrogen-bond acceptors (Lipinski definition) is 7. The molecule has 0 saturated carbocycles. The number of hydrogen-bond donors (Lipinski definition) is 2. The van der Waals surface area contributed by atoms with Crippen molar-refractivity contribution in [2.24, 2.45) is 11.1 Å². The fourth-order valence-corrected chi connectivity index (χ4v) is 2.19. The lowest BCUT2D eigenvalue weighted by Gasteiger charge is -2.21. The molecule has 1 aliphatic rings. The van der Waals surface area contributed by atoms with Gasteiger partial charge < -0.3 is 16.0 Å². The quantitative estimate of drug-likeness (QED) is 0.592. The zero-order chi connectivity index (χ0) is 14.9. The van der Waals surface area contributed by atoms with Crippen LogP contribution >= 0.6 is 0 Å². The summed E-state index contributed by atoms with van der Waals surface area (Å²) in [7, 11) is 1.63. The maximum Gasteiger partial charge on any atom is 0.329 e. The third-order valence-electron chi connectivity index (χ3n) is 3.54. The molecule has 3 N–H and O–H groups in total. The van der Waals surface area contributed by atoms with Gasteiger partial charge in [-0.2, -0.15) is 4.98 Å². The predicted octanol–water partition coefficient (Wildman–Crippen LogP) is 0.128. The molecule has 1 aliphatic heterocycles. The number of carbonyl (C=O) groups is 1. The number of primary amides is 1. The highest BCUT2D eigenvalue weighted by molar-refractivity contribution is 5.82. The molecule has 9 heteroatoms. The molecule has 0 radical (unpaired) electrons. The van der Waals surface area contributed by atoms with Gasteiger partial charge >= 0.3 is 5.69 Å². The lowest BCUT2D eigenvalue weighted by atomic mass is 9.89. The van der Waals surface area contributed by atoms with Crippen LogP contribution in [0.4, 0.5) is 17.5 Å². The molecule has 1 aromatic rings. The molecule has 2 heterocycles. The van der Waals surface area contributed by atoms with Crippen LogP contribution in [0.2, 0.25) is 0 Å². The lowest BCUT2D eigenvalue weighted by molar-refractivity contribution is -0.384. The molecule has 1 fully saturated rings. The maximum atomic E-state index is 11.5. The molecule has 1 atom stereocenters. The third kappa shape index (κ3) is 2.33. The average Bonchev–Trinajstić information content (AvgIpc) is 2.82. The average molecular weight is 280 g/mol. The monoisotopic (exact) mass is 280 g/mol. The largest absolute Gasteiger partial charge is 0.369 e. The molecule has 1 saturated heterocycles. The van der Waals surface area contributed by atoms with Gasteiger partial charge in [-0.05, 0) is 13.3 Å². The first kappa shape index (κ1) is 14.0. The topological polar surface area (TPSA) is 127 Å². The smallest absolute Gasteiger partial charge is 0.329 e. The summed E-state index contributed by atoms with van der Waals surface area (Å²) in [5.41, 5.74) is 4.50. The highest BCUT2D eigenvalue weighted by atomic mass is 16.6. The number of rotatable bonds is 4. The van der Waals surface area contributed by atoms with E-state index in [0.717, 1.165) is 6.20 Å². The Labute approximate surface area is 115 Å². The standard InChI is InChI=1S/C11H16N6O3/c1-11(9(12)18)3-4-16(6-11)8-7(17(19)20)5-14-10(13-2)15-8/h5H,3-4,6H2,1-2H3,(H2,12,18)(H,13,14,15). The number of amides is 1. The Kier molecular flexibility index (Phi) is 3.43. The van der Waals surface area contributed by atoms with Gasteiger partial charge in [0.15, 0.2) is 0 Å². The van der Waals surface area contributed by atoms with E-state index < -0.39 is 16.2 Å². The van der Waals surface area contributed by atoms with Gasteiger partial charge in [0.05, 0.1) is 10.3 Å². The maximum absolute atomic E-state index is 11.5. The van der Waals surface area contributed by atoms with Gasteiger partial charge in [-0.3, -0.25) is 14.9 Å². The highest BCUT2D eigenvalue weighted by Crippen LogP contribution is 2.36. The lowest BCUT2D eigenvalue weighted by Crippen LogP contribution is -2.37. The van der Waals surface area contributed by atoms with Crippen LogP contribution in [0.25, 0.3) is 0 Å². The SMILES string of the molecule is CNc1ncc([N+](=O)[O-])c(N2CCC(C)(C(N)=O)C2)n1. The number of anilines is 2. The van der Waals surface area contributed by atoms with E-state index in [-0.39, 0.29) is 11.5 Å². The minimum absolute atomic E-state index is 0.183. The molecular weight excluding hydrogens is 264 g/mol. The molecule has 0 aliphatic carbocycles. The van der Waals surface area contributed by atoms with Crippen molar-refractivity contribution in [1.82, 2.24) is 9.97 Å². The molecule has 108 valence electrons. The van der Waals surface area contributed by atoms with Crippen molar-refractivity contribution in [2.45, 2.75) is 13.3 Å². The van der Waals surface area contributed by atoms with E-state index in [0.29, 0.717) is 25.5 Å². The van der Waals surface area contributed by atoms with Crippen LogP contribution in [0.5, 0.6) is 0 Å². The first-order chi connectivity index (χ1) is 9.37. The number of aromatic nitrogens is 2. The molecule has 2 rings (SSSR count). The van der Waals surface area contributed by atoms with Crippen LogP contribution in [0.15, 0.2) is 6.20 Å². The predicted molar refractivity (Wildman–Crippen MR) is 72.4 cm³/mol. The second-order valence-electron chi connectivity index (χ2n) is 5.01. The molecule has 0 bridgehead atoms. The van der Waals surface area contributed by atoms with E-state index >= 15 is 0 Å². The summed E-state index contributed by atoms with van der Waals surface area (Å²) in [6.07, 6.45) is 1.70. The zero-order valence-electron chi connectivity index (χ0n) is 11.3. The Bertz CT molecular complexity index is 563. The second kappa shape index (κ2) is 4.91. The fraction of sp³-hybridized carbons (Fsp3) is 0.545. The molecular formula is C11H16N6O3. The number of nitrogens with two attached hydrogens (primary N) is 1. The minimum atomic E-state index is -0.696. The van der Waals surface area contributed by atoms with Gasteiger partial charge in [-0.25, -0.2) is 4.98 Å². The van der Waals surface area contributed by atoms with Crippen molar-refractivity contribution in [3.05, 3.63) is 16.3 Å². The zero-order valence-corrected chi connectivity index (χ0v) is 11.3. The van der Waals surface area contributed by atoms with Crippen molar-refractivity contribution in [1.29, 1.82) is 0 Å². The second-order valence-corrected chi connectivity index (χ2v) is 5.01. The summed E-state index contributed by atoms with van der Waals surface area (Å²) in [6.45, 7) is 2.55. The van der Waals surface area contributed by atoms with Crippen molar-refractivity contribution in [3.8, 4) is 0 Å². The molecule has 20 heavy (non-hydrogen) atoms. The van der Waals surface area contributed by atoms with Crippen LogP contribution < -0.4 is 16.0 Å². The van der Waals surface area contributed by atoms with Crippen molar-refractivity contribution in [3.63, 3.8) is 0 Å². The summed E-state index contributed by atoms with van der Waals surface area (Å²) < 4.78 is 0. The van der Waals surface area contributed by atoms with E-state index in [1.54, 1.807) is 18.9 Å². The van der Waals surface area contributed by atoms with E-state index in [4.69, 9.17) is 5.73 Å². The van der Waals surface area contributed by atoms with E-state index in [9.17, 15) is 14.9 Å². The van der Waals surface area contributed by atoms with Crippen LogP contribution in [0.3, 0.4) is 0 Å². The van der Waals surface area contributed by atoms with Gasteiger partial charge in [0.1, 0.15) is 6.20 Å². The summed E-state index contributed by atoms with van der Waals surface area (Å²) in [5, 5.41) is 13.8. The van der Waals surface area contributed by atoms with Gasteiger partial charge in [0.25, 0.3) is 0 Å². The first-order valence-electron chi connectivity index (χ1n) is 6.11. The summed E-state index contributed by atoms with van der Waals surface area (Å²) in [5.74, 6) is 0.0863. The Morgan fingerprint density at radius 3 is 2.85 bits per heavy atom. The van der Waals surface area contributed by atoms with Gasteiger partial charge in [0, 0.05) is 20.1 Å². The van der Waals surface area contributed by atoms with Gasteiger partial charge in [0.2, 0.25) is 17.7 Å². The van der Waals surface area contributed by atoms with Crippen molar-refractivity contribution in [2.75, 3.05) is 30.4 Å². The molecule has 0 spiro atoms. The van der Waals surface area contributed by atoms with Gasteiger partial charge in [-0.15, -0.1) is 0 Å². The summed E-state index contributed by atoms with van der Waals surface area (Å²) in [6, 6.07) is 0. The van der Waals surface area contributed by atoms with Gasteiger partial charge in [-0.1, -0.05) is 0 Å². The Balaban J connectivity index is 2.37. The normalized spacial score (nSPS) is 21.8. The first-order valence-corrected chi connectivity index (χ1v) is 6.11. The Hall–Kier alpha value is -2.45. The Morgan fingerprint density at radius 1 is 1.65 bits per heavy atom. The molecule has 1 aromatic heterocycles. The summed E-state index contributed by atoms with van der Waals surface area (Å²) in [4.78, 5) is 31.7. The van der Waals surface area contributed by atoms with E-state index in [1.165, 1.54) is 0 Å². The number of nitrogens with zero attached hydrogens (tertiary/aromatic N) is 4. The number of nitrogens with one attached hydrogen (secondary N) is 1. The number of nitro groups is 1. The molecule has 1 unspecified atom stereocenters. The van der Waals surface area contributed by atoms with Crippen LogP contribution in [-0.2, 0) is 4.79 Å². The van der Waals surface area contributed by atoms with E-state index in [1.807, 2.05) is 0 Å². The fourth-order valence-electron chi connectivity index (χ4n) is 2.19. The van der Waals surface area contributed by atoms with Crippen LogP contribution in [0.1, 0.15) is 13.3 Å². The van der Waals surface area contributed by atoms with Crippen molar-refractivity contribution >= 4 is 23.4 Å². The minimum Gasteiger partial charge on any atom is -0.369 e. The highest BCUT2D eigenvalue weighted by Gasteiger charge is 2.41. The molecule has 1 amide bonds.